The molecule has 0 aliphatic rings. The average Bonchev–Trinajstić information content (AvgIpc) is 1.96. The molecule has 0 aliphatic carbocycles. The SMILES string of the molecule is Cc1cc(C)c(O)c(CN)c1. The van der Waals surface area contributed by atoms with E-state index in [4.69, 9.17) is 5.73 Å². The van der Waals surface area contributed by atoms with Gasteiger partial charge in [-0.05, 0) is 19.4 Å². The fourth-order valence-corrected chi connectivity index (χ4v) is 1.20. The molecule has 2 nitrogen and oxygen atoms in total. The Kier molecular flexibility index (Phi) is 2.15. The topological polar surface area (TPSA) is 46.2 Å². The molecule has 0 saturated carbocycles. The third-order valence-corrected chi connectivity index (χ3v) is 1.74. The van der Waals surface area contributed by atoms with Crippen molar-refractivity contribution in [2.45, 2.75) is 20.4 Å². The molecule has 1 aromatic rings. The van der Waals surface area contributed by atoms with Crippen LogP contribution in [0, 0.1) is 13.8 Å². The van der Waals surface area contributed by atoms with Crippen molar-refractivity contribution >= 4 is 0 Å². The Bertz CT molecular complexity index is 269. The maximum atomic E-state index is 9.44. The van der Waals surface area contributed by atoms with E-state index in [0.717, 1.165) is 16.7 Å². The van der Waals surface area contributed by atoms with Gasteiger partial charge in [-0.1, -0.05) is 17.7 Å². The minimum atomic E-state index is 0.332. The molecule has 3 N–H and O–H groups in total. The van der Waals surface area contributed by atoms with E-state index in [1.807, 2.05) is 26.0 Å². The van der Waals surface area contributed by atoms with Gasteiger partial charge < -0.3 is 10.8 Å². The maximum Gasteiger partial charge on any atom is 0.122 e. The Morgan fingerprint density at radius 1 is 1.36 bits per heavy atom. The Balaban J connectivity index is 3.24. The molecule has 2 heteroatoms. The van der Waals surface area contributed by atoms with E-state index in [0.29, 0.717) is 12.3 Å². The quantitative estimate of drug-likeness (QED) is 0.638. The standard InChI is InChI=1S/C9H13NO/c1-6-3-7(2)9(11)8(4-6)5-10/h3-4,11H,5,10H2,1-2H3. The highest BCUT2D eigenvalue weighted by molar-refractivity contribution is 5.42. The van der Waals surface area contributed by atoms with Crippen LogP contribution in [0.1, 0.15) is 16.7 Å². The summed E-state index contributed by atoms with van der Waals surface area (Å²) in [6.07, 6.45) is 0. The predicted molar refractivity (Wildman–Crippen MR) is 45.5 cm³/mol. The third-order valence-electron chi connectivity index (χ3n) is 1.74. The normalized spacial score (nSPS) is 10.1. The lowest BCUT2D eigenvalue weighted by atomic mass is 10.1. The van der Waals surface area contributed by atoms with Gasteiger partial charge in [0.1, 0.15) is 5.75 Å². The summed E-state index contributed by atoms with van der Waals surface area (Å²) >= 11 is 0. The first kappa shape index (κ1) is 8.08. The molecule has 0 saturated heterocycles. The number of rotatable bonds is 1. The van der Waals surface area contributed by atoms with Crippen molar-refractivity contribution in [2.75, 3.05) is 0 Å². The van der Waals surface area contributed by atoms with Gasteiger partial charge in [0.25, 0.3) is 0 Å². The van der Waals surface area contributed by atoms with Crippen LogP contribution in [0.2, 0.25) is 0 Å². The summed E-state index contributed by atoms with van der Waals surface area (Å²) in [7, 11) is 0. The number of aryl methyl sites for hydroxylation is 2. The Morgan fingerprint density at radius 2 is 2.00 bits per heavy atom. The summed E-state index contributed by atoms with van der Waals surface area (Å²) < 4.78 is 0. The molecule has 0 atom stereocenters. The van der Waals surface area contributed by atoms with Crippen LogP contribution >= 0.6 is 0 Å². The molecule has 0 unspecified atom stereocenters. The Labute approximate surface area is 66.7 Å². The predicted octanol–water partition coefficient (Wildman–Crippen LogP) is 1.47. The molecular formula is C9H13NO. The molecule has 0 heterocycles. The Morgan fingerprint density at radius 3 is 2.55 bits per heavy atom. The summed E-state index contributed by atoms with van der Waals surface area (Å²) in [5.74, 6) is 0.332. The molecule has 0 aromatic heterocycles. The van der Waals surface area contributed by atoms with E-state index in [9.17, 15) is 5.11 Å². The second-order valence-electron chi connectivity index (χ2n) is 2.79. The zero-order valence-electron chi connectivity index (χ0n) is 6.89. The van der Waals surface area contributed by atoms with Crippen LogP contribution in [0.3, 0.4) is 0 Å². The van der Waals surface area contributed by atoms with Gasteiger partial charge >= 0.3 is 0 Å². The summed E-state index contributed by atoms with van der Waals surface area (Å²) in [6.45, 7) is 4.27. The number of hydrogen-bond acceptors (Lipinski definition) is 2. The van der Waals surface area contributed by atoms with E-state index < -0.39 is 0 Å². The summed E-state index contributed by atoms with van der Waals surface area (Å²) in [6, 6.07) is 3.84. The fourth-order valence-electron chi connectivity index (χ4n) is 1.20. The minimum absolute atomic E-state index is 0.332. The number of phenols is 1. The van der Waals surface area contributed by atoms with Crippen LogP contribution in [0.15, 0.2) is 12.1 Å². The molecule has 0 aliphatic heterocycles. The molecule has 0 radical (unpaired) electrons. The molecular weight excluding hydrogens is 138 g/mol. The number of nitrogens with two attached hydrogens (primary N) is 1. The highest BCUT2D eigenvalue weighted by Gasteiger charge is 2.02. The molecule has 0 fully saturated rings. The summed E-state index contributed by atoms with van der Waals surface area (Å²) in [5, 5.41) is 9.44. The fraction of sp³-hybridized carbons (Fsp3) is 0.333. The summed E-state index contributed by atoms with van der Waals surface area (Å²) in [4.78, 5) is 0. The van der Waals surface area contributed by atoms with Gasteiger partial charge in [-0.2, -0.15) is 0 Å². The zero-order chi connectivity index (χ0) is 8.43. The van der Waals surface area contributed by atoms with E-state index in [1.54, 1.807) is 0 Å². The molecule has 11 heavy (non-hydrogen) atoms. The zero-order valence-corrected chi connectivity index (χ0v) is 6.89. The van der Waals surface area contributed by atoms with Gasteiger partial charge in [0.2, 0.25) is 0 Å². The molecule has 1 aromatic carbocycles. The second-order valence-corrected chi connectivity index (χ2v) is 2.79. The smallest absolute Gasteiger partial charge is 0.122 e. The van der Waals surface area contributed by atoms with Crippen LogP contribution in [0.25, 0.3) is 0 Å². The van der Waals surface area contributed by atoms with Crippen molar-refractivity contribution in [3.63, 3.8) is 0 Å². The van der Waals surface area contributed by atoms with E-state index in [1.165, 1.54) is 0 Å². The highest BCUT2D eigenvalue weighted by Crippen LogP contribution is 2.22. The molecule has 0 bridgehead atoms. The number of hydrogen-bond donors (Lipinski definition) is 2. The van der Waals surface area contributed by atoms with Gasteiger partial charge in [0, 0.05) is 12.1 Å². The molecule has 1 rings (SSSR count). The number of phenolic OH excluding ortho intramolecular Hbond substituents is 1. The van der Waals surface area contributed by atoms with E-state index in [2.05, 4.69) is 0 Å². The monoisotopic (exact) mass is 151 g/mol. The first-order valence-corrected chi connectivity index (χ1v) is 3.64. The van der Waals surface area contributed by atoms with Crippen molar-refractivity contribution in [2.24, 2.45) is 5.73 Å². The van der Waals surface area contributed by atoms with Gasteiger partial charge in [-0.15, -0.1) is 0 Å². The van der Waals surface area contributed by atoms with Crippen LogP contribution in [-0.4, -0.2) is 5.11 Å². The van der Waals surface area contributed by atoms with E-state index >= 15 is 0 Å². The van der Waals surface area contributed by atoms with Crippen molar-refractivity contribution in [3.8, 4) is 5.75 Å². The van der Waals surface area contributed by atoms with Crippen LogP contribution in [0.5, 0.6) is 5.75 Å². The first-order valence-electron chi connectivity index (χ1n) is 3.64. The van der Waals surface area contributed by atoms with Gasteiger partial charge in [0.05, 0.1) is 0 Å². The molecule has 0 spiro atoms. The largest absolute Gasteiger partial charge is 0.507 e. The molecule has 0 amide bonds. The Hall–Kier alpha value is -1.02. The lowest BCUT2D eigenvalue weighted by Gasteiger charge is -2.05. The average molecular weight is 151 g/mol. The van der Waals surface area contributed by atoms with E-state index in [-0.39, 0.29) is 0 Å². The van der Waals surface area contributed by atoms with Gasteiger partial charge in [-0.25, -0.2) is 0 Å². The molecule has 60 valence electrons. The second kappa shape index (κ2) is 2.93. The van der Waals surface area contributed by atoms with Crippen LogP contribution < -0.4 is 5.73 Å². The van der Waals surface area contributed by atoms with Crippen molar-refractivity contribution in [1.29, 1.82) is 0 Å². The van der Waals surface area contributed by atoms with Crippen LogP contribution in [-0.2, 0) is 6.54 Å². The van der Waals surface area contributed by atoms with Crippen molar-refractivity contribution in [1.82, 2.24) is 0 Å². The number of benzene rings is 1. The lowest BCUT2D eigenvalue weighted by molar-refractivity contribution is 0.464. The lowest BCUT2D eigenvalue weighted by Crippen LogP contribution is -1.98. The third kappa shape index (κ3) is 1.52. The maximum absolute atomic E-state index is 9.44. The minimum Gasteiger partial charge on any atom is -0.507 e. The van der Waals surface area contributed by atoms with Crippen molar-refractivity contribution in [3.05, 3.63) is 28.8 Å². The van der Waals surface area contributed by atoms with Crippen molar-refractivity contribution < 1.29 is 5.11 Å². The highest BCUT2D eigenvalue weighted by atomic mass is 16.3. The van der Waals surface area contributed by atoms with Crippen LogP contribution in [0.4, 0.5) is 0 Å². The number of aromatic hydroxyl groups is 1. The summed E-state index contributed by atoms with van der Waals surface area (Å²) in [5.41, 5.74) is 8.28. The van der Waals surface area contributed by atoms with Gasteiger partial charge in [0.15, 0.2) is 0 Å². The first-order chi connectivity index (χ1) is 5.15. The van der Waals surface area contributed by atoms with Gasteiger partial charge in [-0.3, -0.25) is 0 Å².